The van der Waals surface area contributed by atoms with Crippen molar-refractivity contribution in [3.8, 4) is 0 Å². The molecule has 108 valence electrons. The third-order valence-electron chi connectivity index (χ3n) is 4.91. The highest BCUT2D eigenvalue weighted by molar-refractivity contribution is 4.99. The third kappa shape index (κ3) is 3.02. The van der Waals surface area contributed by atoms with Crippen LogP contribution in [0.4, 0.5) is 0 Å². The smallest absolute Gasteiger partial charge is 0.108 e. The number of aryl methyl sites for hydroxylation is 1. The summed E-state index contributed by atoms with van der Waals surface area (Å²) in [4.78, 5) is 4.49. The molecule has 1 heterocycles. The Labute approximate surface area is 117 Å². The predicted molar refractivity (Wildman–Crippen MR) is 80.0 cm³/mol. The largest absolute Gasteiger partial charge is 0.332 e. The van der Waals surface area contributed by atoms with E-state index in [0.29, 0.717) is 17.4 Å². The number of nitrogens with zero attached hydrogens (tertiary/aromatic N) is 2. The Morgan fingerprint density at radius 2 is 2.11 bits per heavy atom. The average molecular weight is 263 g/mol. The molecule has 3 nitrogen and oxygen atoms in total. The Morgan fingerprint density at radius 1 is 1.37 bits per heavy atom. The SMILES string of the molecule is CCc1nccn1C1CC(C(C)(C)C)CCC1CN. The van der Waals surface area contributed by atoms with Gasteiger partial charge >= 0.3 is 0 Å². The zero-order valence-electron chi connectivity index (χ0n) is 12.9. The van der Waals surface area contributed by atoms with Gasteiger partial charge in [-0.15, -0.1) is 0 Å². The normalized spacial score (nSPS) is 28.6. The first-order valence-corrected chi connectivity index (χ1v) is 7.69. The molecule has 1 aliphatic carbocycles. The molecular weight excluding hydrogens is 234 g/mol. The summed E-state index contributed by atoms with van der Waals surface area (Å²) in [6, 6.07) is 0.542. The third-order valence-corrected chi connectivity index (χ3v) is 4.91. The molecule has 0 aromatic carbocycles. The van der Waals surface area contributed by atoms with Gasteiger partial charge in [-0.3, -0.25) is 0 Å². The number of imidazole rings is 1. The van der Waals surface area contributed by atoms with Crippen molar-refractivity contribution in [2.45, 2.75) is 59.4 Å². The van der Waals surface area contributed by atoms with Crippen molar-refractivity contribution in [2.24, 2.45) is 23.0 Å². The lowest BCUT2D eigenvalue weighted by Crippen LogP contribution is -2.36. The van der Waals surface area contributed by atoms with Gasteiger partial charge in [0.25, 0.3) is 0 Å². The van der Waals surface area contributed by atoms with E-state index in [0.717, 1.165) is 18.9 Å². The minimum atomic E-state index is 0.394. The molecule has 0 spiro atoms. The number of hydrogen-bond donors (Lipinski definition) is 1. The summed E-state index contributed by atoms with van der Waals surface area (Å²) < 4.78 is 2.40. The lowest BCUT2D eigenvalue weighted by Gasteiger charge is -2.42. The fourth-order valence-corrected chi connectivity index (χ4v) is 3.53. The van der Waals surface area contributed by atoms with Crippen LogP contribution in [0.1, 0.15) is 58.8 Å². The van der Waals surface area contributed by atoms with Gasteiger partial charge in [-0.2, -0.15) is 0 Å². The topological polar surface area (TPSA) is 43.8 Å². The van der Waals surface area contributed by atoms with Crippen LogP contribution in [-0.4, -0.2) is 16.1 Å². The van der Waals surface area contributed by atoms with Gasteiger partial charge < -0.3 is 10.3 Å². The molecule has 2 rings (SSSR count). The van der Waals surface area contributed by atoms with Crippen LogP contribution in [0.5, 0.6) is 0 Å². The first-order valence-electron chi connectivity index (χ1n) is 7.69. The second-order valence-corrected chi connectivity index (χ2v) is 7.04. The molecule has 19 heavy (non-hydrogen) atoms. The summed E-state index contributed by atoms with van der Waals surface area (Å²) in [7, 11) is 0. The molecule has 1 aliphatic rings. The minimum absolute atomic E-state index is 0.394. The fourth-order valence-electron chi connectivity index (χ4n) is 3.53. The van der Waals surface area contributed by atoms with E-state index in [4.69, 9.17) is 5.73 Å². The summed E-state index contributed by atoms with van der Waals surface area (Å²) in [6.07, 6.45) is 8.91. The van der Waals surface area contributed by atoms with Crippen LogP contribution in [0.2, 0.25) is 0 Å². The standard InChI is InChI=1S/C16H29N3/c1-5-15-18-8-9-19(15)14-10-13(16(2,3)4)7-6-12(14)11-17/h8-9,12-14H,5-7,10-11,17H2,1-4H3. The monoisotopic (exact) mass is 263 g/mol. The molecule has 3 atom stereocenters. The summed E-state index contributed by atoms with van der Waals surface area (Å²) in [5, 5.41) is 0. The maximum absolute atomic E-state index is 6.01. The Balaban J connectivity index is 2.23. The highest BCUT2D eigenvalue weighted by Gasteiger charge is 2.36. The summed E-state index contributed by atoms with van der Waals surface area (Å²) >= 11 is 0. The number of aromatic nitrogens is 2. The van der Waals surface area contributed by atoms with Crippen LogP contribution in [-0.2, 0) is 6.42 Å². The molecule has 1 aromatic heterocycles. The van der Waals surface area contributed by atoms with E-state index < -0.39 is 0 Å². The van der Waals surface area contributed by atoms with Crippen molar-refractivity contribution in [1.29, 1.82) is 0 Å². The van der Waals surface area contributed by atoms with E-state index in [-0.39, 0.29) is 0 Å². The van der Waals surface area contributed by atoms with E-state index >= 15 is 0 Å². The van der Waals surface area contributed by atoms with E-state index in [1.165, 1.54) is 25.1 Å². The molecule has 1 aromatic rings. The Bertz CT molecular complexity index is 402. The zero-order chi connectivity index (χ0) is 14.0. The number of hydrogen-bond acceptors (Lipinski definition) is 2. The molecule has 0 bridgehead atoms. The van der Waals surface area contributed by atoms with Gasteiger partial charge in [-0.05, 0) is 43.1 Å². The maximum Gasteiger partial charge on any atom is 0.108 e. The van der Waals surface area contributed by atoms with Crippen LogP contribution < -0.4 is 5.73 Å². The van der Waals surface area contributed by atoms with Gasteiger partial charge in [0.15, 0.2) is 0 Å². The van der Waals surface area contributed by atoms with E-state index in [1.807, 2.05) is 6.20 Å². The predicted octanol–water partition coefficient (Wildman–Crippen LogP) is 3.41. The second kappa shape index (κ2) is 5.66. The second-order valence-electron chi connectivity index (χ2n) is 7.04. The zero-order valence-corrected chi connectivity index (χ0v) is 12.9. The molecule has 1 saturated carbocycles. The summed E-state index contributed by atoms with van der Waals surface area (Å²) in [6.45, 7) is 10.1. The lowest BCUT2D eigenvalue weighted by molar-refractivity contribution is 0.104. The molecule has 2 N–H and O–H groups in total. The first kappa shape index (κ1) is 14.6. The molecule has 3 unspecified atom stereocenters. The van der Waals surface area contributed by atoms with Gasteiger partial charge in [-0.1, -0.05) is 27.7 Å². The lowest BCUT2D eigenvalue weighted by atomic mass is 9.68. The molecule has 0 amide bonds. The molecule has 0 aliphatic heterocycles. The van der Waals surface area contributed by atoms with Crippen molar-refractivity contribution in [1.82, 2.24) is 9.55 Å². The van der Waals surface area contributed by atoms with Crippen molar-refractivity contribution in [3.63, 3.8) is 0 Å². The molecule has 1 fully saturated rings. The Hall–Kier alpha value is -0.830. The van der Waals surface area contributed by atoms with Crippen LogP contribution in [0.25, 0.3) is 0 Å². The van der Waals surface area contributed by atoms with Crippen LogP contribution in [0.3, 0.4) is 0 Å². The van der Waals surface area contributed by atoms with Crippen molar-refractivity contribution in [2.75, 3.05) is 6.54 Å². The van der Waals surface area contributed by atoms with Gasteiger partial charge in [-0.25, -0.2) is 4.98 Å². The quantitative estimate of drug-likeness (QED) is 0.908. The minimum Gasteiger partial charge on any atom is -0.332 e. The van der Waals surface area contributed by atoms with E-state index in [1.54, 1.807) is 0 Å². The van der Waals surface area contributed by atoms with Crippen molar-refractivity contribution >= 4 is 0 Å². The van der Waals surface area contributed by atoms with Crippen molar-refractivity contribution in [3.05, 3.63) is 18.2 Å². The molecular formula is C16H29N3. The fraction of sp³-hybridized carbons (Fsp3) is 0.812. The van der Waals surface area contributed by atoms with Gasteiger partial charge in [0.2, 0.25) is 0 Å². The molecule has 0 radical (unpaired) electrons. The van der Waals surface area contributed by atoms with Gasteiger partial charge in [0.05, 0.1) is 0 Å². The van der Waals surface area contributed by atoms with Crippen molar-refractivity contribution < 1.29 is 0 Å². The van der Waals surface area contributed by atoms with E-state index in [9.17, 15) is 0 Å². The molecule has 0 saturated heterocycles. The number of rotatable bonds is 3. The Morgan fingerprint density at radius 3 is 2.68 bits per heavy atom. The van der Waals surface area contributed by atoms with Crippen LogP contribution in [0.15, 0.2) is 12.4 Å². The van der Waals surface area contributed by atoms with Gasteiger partial charge in [0.1, 0.15) is 5.82 Å². The van der Waals surface area contributed by atoms with Crippen LogP contribution >= 0.6 is 0 Å². The Kier molecular flexibility index (Phi) is 4.34. The van der Waals surface area contributed by atoms with Crippen LogP contribution in [0, 0.1) is 17.3 Å². The number of nitrogens with two attached hydrogens (primary N) is 1. The average Bonchev–Trinajstić information content (AvgIpc) is 2.85. The summed E-state index contributed by atoms with van der Waals surface area (Å²) in [5.41, 5.74) is 6.41. The highest BCUT2D eigenvalue weighted by Crippen LogP contribution is 2.44. The highest BCUT2D eigenvalue weighted by atomic mass is 15.1. The maximum atomic E-state index is 6.01. The first-order chi connectivity index (χ1) is 8.97. The van der Waals surface area contributed by atoms with E-state index in [2.05, 4.69) is 43.4 Å². The summed E-state index contributed by atoms with van der Waals surface area (Å²) in [5.74, 6) is 2.60. The molecule has 3 heteroatoms. The van der Waals surface area contributed by atoms with Gasteiger partial charge in [0, 0.05) is 24.9 Å².